The highest BCUT2D eigenvalue weighted by atomic mass is 32.2. The van der Waals surface area contributed by atoms with Crippen molar-refractivity contribution in [2.24, 2.45) is 7.05 Å². The molecule has 3 aromatic rings. The summed E-state index contributed by atoms with van der Waals surface area (Å²) in [6.07, 6.45) is 1.80. The number of carbonyl (C=O) groups is 1. The van der Waals surface area contributed by atoms with E-state index < -0.39 is 10.0 Å². The highest BCUT2D eigenvalue weighted by Crippen LogP contribution is 2.22. The molecule has 1 aromatic heterocycles. The standard InChI is InChI=1S/C24H29N5O3S/c1-26-22-7-3-2-6-21(22)25-23(26)18-27-14-16-28(17-15-27)24(30)19-8-10-20(11-9-19)33(31,32)29-12-4-5-13-29/h2-3,6-11H,4-5,12-18H2,1H3. The lowest BCUT2D eigenvalue weighted by atomic mass is 10.2. The van der Waals surface area contributed by atoms with E-state index in [1.165, 1.54) is 4.31 Å². The van der Waals surface area contributed by atoms with Crippen molar-refractivity contribution >= 4 is 27.0 Å². The molecule has 2 fully saturated rings. The molecular formula is C24H29N5O3S. The molecule has 2 aliphatic heterocycles. The van der Waals surface area contributed by atoms with Gasteiger partial charge >= 0.3 is 0 Å². The number of fused-ring (bicyclic) bond motifs is 1. The molecule has 9 heteroatoms. The minimum Gasteiger partial charge on any atom is -0.336 e. The van der Waals surface area contributed by atoms with Crippen LogP contribution in [0.2, 0.25) is 0 Å². The van der Waals surface area contributed by atoms with E-state index in [2.05, 4.69) is 15.5 Å². The molecule has 0 atom stereocenters. The van der Waals surface area contributed by atoms with Gasteiger partial charge in [-0.1, -0.05) is 12.1 Å². The molecule has 33 heavy (non-hydrogen) atoms. The third-order valence-corrected chi connectivity index (χ3v) is 8.62. The van der Waals surface area contributed by atoms with E-state index in [4.69, 9.17) is 4.98 Å². The lowest BCUT2D eigenvalue weighted by Crippen LogP contribution is -2.48. The van der Waals surface area contributed by atoms with Crippen molar-refractivity contribution in [3.8, 4) is 0 Å². The maximum absolute atomic E-state index is 13.0. The third kappa shape index (κ3) is 4.28. The van der Waals surface area contributed by atoms with E-state index in [9.17, 15) is 13.2 Å². The Morgan fingerprint density at radius 3 is 2.24 bits per heavy atom. The van der Waals surface area contributed by atoms with E-state index in [1.54, 1.807) is 24.3 Å². The molecular weight excluding hydrogens is 438 g/mol. The van der Waals surface area contributed by atoms with Gasteiger partial charge < -0.3 is 9.47 Å². The summed E-state index contributed by atoms with van der Waals surface area (Å²) in [5.41, 5.74) is 2.65. The van der Waals surface area contributed by atoms with Crippen LogP contribution in [-0.2, 0) is 23.6 Å². The smallest absolute Gasteiger partial charge is 0.253 e. The maximum atomic E-state index is 13.0. The highest BCUT2D eigenvalue weighted by Gasteiger charge is 2.28. The van der Waals surface area contributed by atoms with Crippen molar-refractivity contribution in [2.45, 2.75) is 24.3 Å². The van der Waals surface area contributed by atoms with Crippen molar-refractivity contribution < 1.29 is 13.2 Å². The number of rotatable bonds is 5. The quantitative estimate of drug-likeness (QED) is 0.576. The van der Waals surface area contributed by atoms with Gasteiger partial charge in [0, 0.05) is 51.9 Å². The zero-order valence-electron chi connectivity index (χ0n) is 18.9. The normalized spacial score (nSPS) is 18.3. The number of amides is 1. The predicted octanol–water partition coefficient (Wildman–Crippen LogP) is 2.32. The molecule has 1 amide bonds. The second-order valence-electron chi connectivity index (χ2n) is 8.78. The first kappa shape index (κ1) is 22.1. The molecule has 0 radical (unpaired) electrons. The zero-order valence-corrected chi connectivity index (χ0v) is 19.7. The van der Waals surface area contributed by atoms with Crippen LogP contribution in [0.1, 0.15) is 29.0 Å². The average Bonchev–Trinajstić information content (AvgIpc) is 3.49. The molecule has 174 valence electrons. The fourth-order valence-electron chi connectivity index (χ4n) is 4.68. The van der Waals surface area contributed by atoms with Crippen molar-refractivity contribution in [1.29, 1.82) is 0 Å². The number of sulfonamides is 1. The number of benzene rings is 2. The van der Waals surface area contributed by atoms with E-state index in [0.29, 0.717) is 31.7 Å². The van der Waals surface area contributed by atoms with E-state index in [1.807, 2.05) is 30.1 Å². The Morgan fingerprint density at radius 2 is 1.58 bits per heavy atom. The van der Waals surface area contributed by atoms with Gasteiger partial charge in [-0.2, -0.15) is 4.31 Å². The van der Waals surface area contributed by atoms with Crippen LogP contribution in [0.4, 0.5) is 0 Å². The molecule has 0 unspecified atom stereocenters. The Labute approximate surface area is 194 Å². The maximum Gasteiger partial charge on any atom is 0.253 e. The summed E-state index contributed by atoms with van der Waals surface area (Å²) in [4.78, 5) is 22.2. The van der Waals surface area contributed by atoms with Crippen LogP contribution in [0.3, 0.4) is 0 Å². The van der Waals surface area contributed by atoms with Gasteiger partial charge in [-0.3, -0.25) is 9.69 Å². The minimum atomic E-state index is -3.46. The predicted molar refractivity (Wildman–Crippen MR) is 126 cm³/mol. The fourth-order valence-corrected chi connectivity index (χ4v) is 6.19. The van der Waals surface area contributed by atoms with Crippen molar-refractivity contribution in [3.05, 3.63) is 59.9 Å². The lowest BCUT2D eigenvalue weighted by Gasteiger charge is -2.34. The number of aromatic nitrogens is 2. The Hall–Kier alpha value is -2.75. The first-order valence-electron chi connectivity index (χ1n) is 11.5. The first-order chi connectivity index (χ1) is 15.9. The summed E-state index contributed by atoms with van der Waals surface area (Å²) in [6, 6.07) is 14.5. The second-order valence-corrected chi connectivity index (χ2v) is 10.7. The lowest BCUT2D eigenvalue weighted by molar-refractivity contribution is 0.0624. The summed E-state index contributed by atoms with van der Waals surface area (Å²) in [7, 11) is -1.42. The molecule has 3 heterocycles. The van der Waals surface area contributed by atoms with Crippen LogP contribution in [0.15, 0.2) is 53.4 Å². The van der Waals surface area contributed by atoms with Crippen LogP contribution in [-0.4, -0.2) is 77.2 Å². The molecule has 0 aliphatic carbocycles. The van der Waals surface area contributed by atoms with Crippen LogP contribution in [0, 0.1) is 0 Å². The molecule has 2 saturated heterocycles. The summed E-state index contributed by atoms with van der Waals surface area (Å²) in [6.45, 7) is 4.71. The second kappa shape index (κ2) is 8.89. The monoisotopic (exact) mass is 467 g/mol. The van der Waals surface area contributed by atoms with Gasteiger partial charge in [0.05, 0.1) is 22.5 Å². The Bertz CT molecular complexity index is 1250. The molecule has 8 nitrogen and oxygen atoms in total. The van der Waals surface area contributed by atoms with E-state index in [-0.39, 0.29) is 10.8 Å². The Morgan fingerprint density at radius 1 is 0.909 bits per heavy atom. The van der Waals surface area contributed by atoms with Crippen molar-refractivity contribution in [3.63, 3.8) is 0 Å². The number of aryl methyl sites for hydroxylation is 1. The van der Waals surface area contributed by atoms with Crippen molar-refractivity contribution in [1.82, 2.24) is 23.7 Å². The molecule has 5 rings (SSSR count). The van der Waals surface area contributed by atoms with Gasteiger partial charge in [0.25, 0.3) is 5.91 Å². The zero-order chi connectivity index (χ0) is 23.0. The van der Waals surface area contributed by atoms with E-state index in [0.717, 1.165) is 49.3 Å². The SMILES string of the molecule is Cn1c(CN2CCN(C(=O)c3ccc(S(=O)(=O)N4CCCC4)cc3)CC2)nc2ccccc21. The number of piperazine rings is 1. The van der Waals surface area contributed by atoms with Gasteiger partial charge in [0.1, 0.15) is 5.82 Å². The van der Waals surface area contributed by atoms with Gasteiger partial charge in [0.2, 0.25) is 10.0 Å². The topological polar surface area (TPSA) is 78.8 Å². The number of hydrogen-bond donors (Lipinski definition) is 0. The number of nitrogens with zero attached hydrogens (tertiary/aromatic N) is 5. The van der Waals surface area contributed by atoms with Crippen molar-refractivity contribution in [2.75, 3.05) is 39.3 Å². The molecule has 0 saturated carbocycles. The van der Waals surface area contributed by atoms with Gasteiger partial charge in [-0.15, -0.1) is 0 Å². The van der Waals surface area contributed by atoms with Crippen LogP contribution in [0.5, 0.6) is 0 Å². The summed E-state index contributed by atoms with van der Waals surface area (Å²) >= 11 is 0. The number of imidazole rings is 1. The van der Waals surface area contributed by atoms with E-state index >= 15 is 0 Å². The van der Waals surface area contributed by atoms with Crippen LogP contribution >= 0.6 is 0 Å². The Balaban J connectivity index is 1.20. The molecule has 0 N–H and O–H groups in total. The van der Waals surface area contributed by atoms with Crippen LogP contribution < -0.4 is 0 Å². The Kier molecular flexibility index (Phi) is 5.94. The van der Waals surface area contributed by atoms with Crippen LogP contribution in [0.25, 0.3) is 11.0 Å². The fraction of sp³-hybridized carbons (Fsp3) is 0.417. The average molecular weight is 468 g/mol. The summed E-state index contributed by atoms with van der Waals surface area (Å²) in [5, 5.41) is 0. The number of para-hydroxylation sites is 2. The van der Waals surface area contributed by atoms with Gasteiger partial charge in [0.15, 0.2) is 0 Å². The highest BCUT2D eigenvalue weighted by molar-refractivity contribution is 7.89. The summed E-state index contributed by atoms with van der Waals surface area (Å²) in [5.74, 6) is 0.966. The largest absolute Gasteiger partial charge is 0.336 e. The molecule has 0 spiro atoms. The van der Waals surface area contributed by atoms with Gasteiger partial charge in [-0.25, -0.2) is 13.4 Å². The first-order valence-corrected chi connectivity index (χ1v) is 12.9. The molecule has 0 bridgehead atoms. The number of carbonyl (C=O) groups excluding carboxylic acids is 1. The molecule has 2 aromatic carbocycles. The minimum absolute atomic E-state index is 0.0532. The summed E-state index contributed by atoms with van der Waals surface area (Å²) < 4.78 is 29.1. The third-order valence-electron chi connectivity index (χ3n) is 6.71. The number of hydrogen-bond acceptors (Lipinski definition) is 5. The molecule has 2 aliphatic rings. The van der Waals surface area contributed by atoms with Gasteiger partial charge in [-0.05, 0) is 49.2 Å².